The van der Waals surface area contributed by atoms with Gasteiger partial charge >= 0.3 is 18.1 Å². The zero-order valence-corrected chi connectivity index (χ0v) is 22.7. The molecule has 0 saturated heterocycles. The second-order valence-electron chi connectivity index (χ2n) is 9.49. The smallest absolute Gasteiger partial charge is 0.481 e. The molecule has 10 nitrogen and oxygen atoms in total. The number of alkyl halides is 3. The molecule has 0 radical (unpaired) electrons. The minimum Gasteiger partial charge on any atom is -0.481 e. The number of carboxylic acids is 1. The minimum absolute atomic E-state index is 0.0269. The Kier molecular flexibility index (Phi) is 8.95. The lowest BCUT2D eigenvalue weighted by atomic mass is 10.0. The number of rotatable bonds is 9. The predicted octanol–water partition coefficient (Wildman–Crippen LogP) is 3.05. The van der Waals surface area contributed by atoms with Gasteiger partial charge in [-0.15, -0.1) is 11.3 Å². The van der Waals surface area contributed by atoms with Crippen molar-refractivity contribution in [3.05, 3.63) is 86.6 Å². The lowest BCUT2D eigenvalue weighted by molar-refractivity contribution is -0.189. The molecule has 2 amide bonds. The van der Waals surface area contributed by atoms with Gasteiger partial charge in [0.1, 0.15) is 17.6 Å². The number of hydrogen-bond acceptors (Lipinski definition) is 7. The van der Waals surface area contributed by atoms with Gasteiger partial charge in [0, 0.05) is 40.4 Å². The van der Waals surface area contributed by atoms with Gasteiger partial charge in [-0.25, -0.2) is 4.79 Å². The number of nitrogens with zero attached hydrogens (tertiary/aromatic N) is 1. The SMILES string of the molecule is N=C(N)c1ccc(C(=O)N[C@@H](Cc2ccc(OC(=O)C(F)(F)F)cc2)C(=O)N2CCc3sc(CC(=O)O)cc3C2)cc1. The highest BCUT2D eigenvalue weighted by Crippen LogP contribution is 2.29. The van der Waals surface area contributed by atoms with Crippen LogP contribution >= 0.6 is 11.3 Å². The molecule has 0 unspecified atom stereocenters. The van der Waals surface area contributed by atoms with Crippen molar-refractivity contribution in [1.82, 2.24) is 10.2 Å². The van der Waals surface area contributed by atoms with Crippen molar-refractivity contribution in [2.24, 2.45) is 5.73 Å². The number of nitrogens with two attached hydrogens (primary N) is 1. The van der Waals surface area contributed by atoms with Crippen LogP contribution in [0.25, 0.3) is 0 Å². The Morgan fingerprint density at radius 3 is 2.31 bits per heavy atom. The second-order valence-corrected chi connectivity index (χ2v) is 10.7. The maximum absolute atomic E-state index is 13.7. The first-order valence-electron chi connectivity index (χ1n) is 12.5. The molecule has 0 fully saturated rings. The average Bonchev–Trinajstić information content (AvgIpc) is 3.33. The Hall–Kier alpha value is -4.72. The highest BCUT2D eigenvalue weighted by molar-refractivity contribution is 7.12. The molecule has 1 aliphatic heterocycles. The fourth-order valence-electron chi connectivity index (χ4n) is 4.38. The van der Waals surface area contributed by atoms with Crippen LogP contribution in [0, 0.1) is 5.41 Å². The number of carbonyl (C=O) groups is 4. The maximum atomic E-state index is 13.7. The summed E-state index contributed by atoms with van der Waals surface area (Å²) in [5, 5.41) is 19.3. The fraction of sp³-hybridized carbons (Fsp3) is 0.250. The first kappa shape index (κ1) is 30.2. The van der Waals surface area contributed by atoms with Crippen LogP contribution in [-0.4, -0.2) is 58.4 Å². The molecule has 1 atom stereocenters. The Morgan fingerprint density at radius 1 is 1.07 bits per heavy atom. The third-order valence-corrected chi connectivity index (χ3v) is 7.66. The van der Waals surface area contributed by atoms with E-state index >= 15 is 0 Å². The molecule has 1 aliphatic rings. The third-order valence-electron chi connectivity index (χ3n) is 6.42. The number of thiophene rings is 1. The highest BCUT2D eigenvalue weighted by Gasteiger charge is 2.41. The number of amidine groups is 1. The molecule has 0 bridgehead atoms. The largest absolute Gasteiger partial charge is 0.491 e. The fourth-order valence-corrected chi connectivity index (χ4v) is 5.54. The normalized spacial score (nSPS) is 13.5. The van der Waals surface area contributed by atoms with E-state index in [9.17, 15) is 32.3 Å². The summed E-state index contributed by atoms with van der Waals surface area (Å²) in [6.45, 7) is 0.557. The van der Waals surface area contributed by atoms with E-state index in [0.29, 0.717) is 29.0 Å². The van der Waals surface area contributed by atoms with E-state index in [4.69, 9.17) is 16.2 Å². The molecular weight excluding hydrogens is 577 g/mol. The average molecular weight is 603 g/mol. The Balaban J connectivity index is 1.53. The Labute approximate surface area is 241 Å². The predicted molar refractivity (Wildman–Crippen MR) is 145 cm³/mol. The van der Waals surface area contributed by atoms with Crippen molar-refractivity contribution in [3.63, 3.8) is 0 Å². The number of ether oxygens (including phenoxy) is 1. The van der Waals surface area contributed by atoms with Crippen molar-refractivity contribution in [3.8, 4) is 5.75 Å². The minimum atomic E-state index is -5.16. The van der Waals surface area contributed by atoms with E-state index in [1.165, 1.54) is 47.7 Å². The maximum Gasteiger partial charge on any atom is 0.491 e. The summed E-state index contributed by atoms with van der Waals surface area (Å²) in [6.07, 6.45) is -4.80. The Morgan fingerprint density at radius 2 is 1.71 bits per heavy atom. The molecule has 42 heavy (non-hydrogen) atoms. The van der Waals surface area contributed by atoms with E-state index in [2.05, 4.69) is 10.1 Å². The number of fused-ring (bicyclic) bond motifs is 1. The number of hydrogen-bond donors (Lipinski definition) is 4. The number of halogens is 3. The van der Waals surface area contributed by atoms with Crippen LogP contribution in [-0.2, 0) is 40.2 Å². The first-order chi connectivity index (χ1) is 19.8. The van der Waals surface area contributed by atoms with Crippen molar-refractivity contribution in [1.29, 1.82) is 5.41 Å². The molecule has 220 valence electrons. The van der Waals surface area contributed by atoms with Gasteiger partial charge in [-0.3, -0.25) is 19.8 Å². The number of amides is 2. The molecule has 3 aromatic rings. The molecule has 0 aliphatic carbocycles. The van der Waals surface area contributed by atoms with Crippen LogP contribution in [0.4, 0.5) is 13.2 Å². The van der Waals surface area contributed by atoms with Gasteiger partial charge < -0.3 is 25.8 Å². The zero-order valence-electron chi connectivity index (χ0n) is 21.9. The van der Waals surface area contributed by atoms with E-state index in [-0.39, 0.29) is 36.5 Å². The van der Waals surface area contributed by atoms with Crippen LogP contribution in [0.1, 0.15) is 36.8 Å². The van der Waals surface area contributed by atoms with E-state index in [1.807, 2.05) is 0 Å². The standard InChI is InChI=1S/C28H25F3N4O6S/c29-28(30,31)27(40)41-19-7-1-15(2-8-19)11-21(34-25(38)17-5-3-16(4-6-17)24(32)33)26(39)35-10-9-22-18(14-35)12-20(42-22)13-23(36)37/h1-8,12,21H,9-11,13-14H2,(H3,32,33)(H,34,38)(H,36,37)/t21-/m0/s1. The van der Waals surface area contributed by atoms with Gasteiger partial charge in [0.25, 0.3) is 5.91 Å². The number of benzene rings is 2. The lowest BCUT2D eigenvalue weighted by Gasteiger charge is -2.31. The van der Waals surface area contributed by atoms with Gasteiger partial charge in [0.05, 0.1) is 6.42 Å². The number of aliphatic carboxylic acids is 1. The summed E-state index contributed by atoms with van der Waals surface area (Å²) in [5.41, 5.74) is 7.40. The monoisotopic (exact) mass is 602 g/mol. The van der Waals surface area contributed by atoms with Gasteiger partial charge in [0.2, 0.25) is 5.91 Å². The van der Waals surface area contributed by atoms with Crippen molar-refractivity contribution < 1.29 is 42.2 Å². The van der Waals surface area contributed by atoms with Crippen LogP contribution in [0.3, 0.4) is 0 Å². The molecule has 2 heterocycles. The molecule has 0 saturated carbocycles. The van der Waals surface area contributed by atoms with Crippen molar-refractivity contribution >= 4 is 40.9 Å². The van der Waals surface area contributed by atoms with Crippen LogP contribution in [0.15, 0.2) is 54.6 Å². The van der Waals surface area contributed by atoms with E-state index in [0.717, 1.165) is 22.6 Å². The van der Waals surface area contributed by atoms with Gasteiger partial charge in [0.15, 0.2) is 0 Å². The van der Waals surface area contributed by atoms with Crippen LogP contribution in [0.2, 0.25) is 0 Å². The number of nitrogen functional groups attached to an aromatic ring is 1. The quantitative estimate of drug-likeness (QED) is 0.127. The lowest BCUT2D eigenvalue weighted by Crippen LogP contribution is -2.50. The zero-order chi connectivity index (χ0) is 30.6. The first-order valence-corrected chi connectivity index (χ1v) is 13.4. The van der Waals surface area contributed by atoms with Crippen molar-refractivity contribution in [2.45, 2.75) is 38.0 Å². The highest BCUT2D eigenvalue weighted by atomic mass is 32.1. The topological polar surface area (TPSA) is 163 Å². The Bertz CT molecular complexity index is 1520. The van der Waals surface area contributed by atoms with E-state index < -0.39 is 36.0 Å². The summed E-state index contributed by atoms with van der Waals surface area (Å²) in [5.74, 6) is -4.82. The van der Waals surface area contributed by atoms with Crippen LogP contribution < -0.4 is 15.8 Å². The van der Waals surface area contributed by atoms with Gasteiger partial charge in [-0.1, -0.05) is 24.3 Å². The molecule has 4 rings (SSSR count). The molecule has 5 N–H and O–H groups in total. The summed E-state index contributed by atoms with van der Waals surface area (Å²) in [6, 6.07) is 11.7. The summed E-state index contributed by atoms with van der Waals surface area (Å²) >= 11 is 1.39. The molecule has 14 heteroatoms. The molecular formula is C28H25F3N4O6S. The van der Waals surface area contributed by atoms with Gasteiger partial charge in [-0.05, 0) is 47.9 Å². The molecule has 1 aromatic heterocycles. The third kappa shape index (κ3) is 7.51. The second kappa shape index (κ2) is 12.4. The number of carbonyl (C=O) groups excluding carboxylic acids is 3. The van der Waals surface area contributed by atoms with Crippen molar-refractivity contribution in [2.75, 3.05) is 6.54 Å². The number of esters is 1. The molecule has 0 spiro atoms. The van der Waals surface area contributed by atoms with Gasteiger partial charge in [-0.2, -0.15) is 13.2 Å². The van der Waals surface area contributed by atoms with Crippen LogP contribution in [0.5, 0.6) is 5.75 Å². The summed E-state index contributed by atoms with van der Waals surface area (Å²) in [7, 11) is 0. The number of carboxylic acid groups (broad SMARTS) is 1. The summed E-state index contributed by atoms with van der Waals surface area (Å²) < 4.78 is 41.9. The molecule has 2 aromatic carbocycles. The van der Waals surface area contributed by atoms with E-state index in [1.54, 1.807) is 11.0 Å². The number of nitrogens with one attached hydrogen (secondary N) is 2. The summed E-state index contributed by atoms with van der Waals surface area (Å²) in [4.78, 5) is 52.3.